The molecule has 2 aromatic heterocycles. The van der Waals surface area contributed by atoms with Crippen LogP contribution in [-0.2, 0) is 9.53 Å². The van der Waals surface area contributed by atoms with Crippen LogP contribution < -0.4 is 5.32 Å². The first-order valence-corrected chi connectivity index (χ1v) is 11.1. The van der Waals surface area contributed by atoms with Gasteiger partial charge in [-0.25, -0.2) is 14.2 Å². The minimum Gasteiger partial charge on any atom is -0.451 e. The maximum atomic E-state index is 13.3. The van der Waals surface area contributed by atoms with E-state index in [-0.39, 0.29) is 11.5 Å². The maximum Gasteiger partial charge on any atom is 0.358 e. The lowest BCUT2D eigenvalue weighted by atomic mass is 10.1. The second kappa shape index (κ2) is 9.63. The van der Waals surface area contributed by atoms with Crippen molar-refractivity contribution >= 4 is 34.6 Å². The average molecular weight is 453 g/mol. The molecule has 1 unspecified atom stereocenters. The molecule has 31 heavy (non-hydrogen) atoms. The number of amides is 1. The number of ether oxygens (including phenoxy) is 1. The molecule has 2 aromatic carbocycles. The number of hydrogen-bond acceptors (Lipinski definition) is 6. The highest BCUT2D eigenvalue weighted by Crippen LogP contribution is 2.26. The van der Waals surface area contributed by atoms with Crippen LogP contribution in [0.4, 0.5) is 4.39 Å². The normalized spacial score (nSPS) is 11.6. The number of carbonyl (C=O) groups is 2. The van der Waals surface area contributed by atoms with Gasteiger partial charge in [0, 0.05) is 15.8 Å². The van der Waals surface area contributed by atoms with Gasteiger partial charge in [0.15, 0.2) is 12.3 Å². The Morgan fingerprint density at radius 2 is 1.77 bits per heavy atom. The molecule has 0 saturated carbocycles. The van der Waals surface area contributed by atoms with Crippen LogP contribution in [0.2, 0.25) is 0 Å². The molecule has 0 aliphatic rings. The zero-order valence-electron chi connectivity index (χ0n) is 16.2. The van der Waals surface area contributed by atoms with Crippen LogP contribution in [-0.4, -0.2) is 23.5 Å². The lowest BCUT2D eigenvalue weighted by Crippen LogP contribution is -2.32. The summed E-state index contributed by atoms with van der Waals surface area (Å²) in [4.78, 5) is 30.0. The molecule has 0 radical (unpaired) electrons. The minimum absolute atomic E-state index is 0.157. The molecule has 0 aliphatic carbocycles. The molecule has 0 aliphatic heterocycles. The molecular weight excluding hydrogens is 435 g/mol. The van der Waals surface area contributed by atoms with E-state index >= 15 is 0 Å². The van der Waals surface area contributed by atoms with Crippen LogP contribution in [0.1, 0.15) is 27.0 Å². The zero-order chi connectivity index (χ0) is 21.6. The van der Waals surface area contributed by atoms with Crippen LogP contribution in [0, 0.1) is 5.82 Å². The van der Waals surface area contributed by atoms with Gasteiger partial charge in [-0.05, 0) is 29.1 Å². The highest BCUT2D eigenvalue weighted by Gasteiger charge is 2.20. The van der Waals surface area contributed by atoms with Crippen molar-refractivity contribution in [1.29, 1.82) is 0 Å². The van der Waals surface area contributed by atoms with E-state index in [2.05, 4.69) is 10.3 Å². The summed E-state index contributed by atoms with van der Waals surface area (Å²) < 4.78 is 18.4. The van der Waals surface area contributed by atoms with Crippen molar-refractivity contribution in [2.75, 3.05) is 6.61 Å². The summed E-state index contributed by atoms with van der Waals surface area (Å²) in [5.41, 5.74) is 1.79. The molecule has 2 heterocycles. The number of nitrogens with zero attached hydrogens (tertiary/aromatic N) is 1. The number of hydrogen-bond donors (Lipinski definition) is 1. The highest BCUT2D eigenvalue weighted by atomic mass is 32.1. The lowest BCUT2D eigenvalue weighted by Gasteiger charge is -2.18. The fourth-order valence-corrected chi connectivity index (χ4v) is 4.52. The third kappa shape index (κ3) is 5.22. The molecule has 156 valence electrons. The number of halogens is 1. The molecule has 1 amide bonds. The zero-order valence-corrected chi connectivity index (χ0v) is 17.8. The number of rotatable bonds is 7. The van der Waals surface area contributed by atoms with E-state index < -0.39 is 24.5 Å². The quantitative estimate of drug-likeness (QED) is 0.398. The van der Waals surface area contributed by atoms with Gasteiger partial charge < -0.3 is 10.1 Å². The van der Waals surface area contributed by atoms with Gasteiger partial charge in [-0.15, -0.1) is 22.7 Å². The van der Waals surface area contributed by atoms with Crippen LogP contribution in [0.25, 0.3) is 10.6 Å². The standard InChI is InChI=1S/C23H17FN2O3S2/c24-17-10-8-15(9-11-17)21(19-7-4-12-30-19)26-20(27)13-29-23(28)18-14-31-22(25-18)16-5-2-1-3-6-16/h1-12,14,21H,13H2,(H,26,27). The molecule has 1 N–H and O–H groups in total. The van der Waals surface area contributed by atoms with E-state index in [0.29, 0.717) is 5.01 Å². The second-order valence-corrected chi connectivity index (χ2v) is 8.38. The summed E-state index contributed by atoms with van der Waals surface area (Å²) in [5, 5.41) is 7.05. The van der Waals surface area contributed by atoms with Crippen molar-refractivity contribution in [3.63, 3.8) is 0 Å². The molecule has 0 spiro atoms. The lowest BCUT2D eigenvalue weighted by molar-refractivity contribution is -0.124. The van der Waals surface area contributed by atoms with Crippen molar-refractivity contribution in [2.45, 2.75) is 6.04 Å². The molecular formula is C23H17FN2O3S2. The molecule has 0 saturated heterocycles. The third-order valence-corrected chi connectivity index (χ3v) is 6.23. The van der Waals surface area contributed by atoms with Crippen LogP contribution in [0.3, 0.4) is 0 Å². The Kier molecular flexibility index (Phi) is 6.49. The monoisotopic (exact) mass is 452 g/mol. The Hall–Kier alpha value is -3.36. The molecule has 5 nitrogen and oxygen atoms in total. The Bertz CT molecular complexity index is 1160. The number of thiophene rings is 1. The topological polar surface area (TPSA) is 68.3 Å². The van der Waals surface area contributed by atoms with Crippen molar-refractivity contribution in [3.8, 4) is 10.6 Å². The third-order valence-electron chi connectivity index (χ3n) is 4.40. The van der Waals surface area contributed by atoms with Crippen LogP contribution in [0.15, 0.2) is 77.5 Å². The van der Waals surface area contributed by atoms with Gasteiger partial charge in [-0.3, -0.25) is 4.79 Å². The number of carbonyl (C=O) groups excluding carboxylic acids is 2. The Morgan fingerprint density at radius 3 is 2.48 bits per heavy atom. The van der Waals surface area contributed by atoms with Crippen molar-refractivity contribution in [2.24, 2.45) is 0 Å². The molecule has 0 bridgehead atoms. The van der Waals surface area contributed by atoms with Crippen molar-refractivity contribution in [1.82, 2.24) is 10.3 Å². The fourth-order valence-electron chi connectivity index (χ4n) is 2.92. The van der Waals surface area contributed by atoms with Gasteiger partial charge in [0.1, 0.15) is 10.8 Å². The van der Waals surface area contributed by atoms with E-state index in [9.17, 15) is 14.0 Å². The first-order valence-electron chi connectivity index (χ1n) is 9.36. The number of esters is 1. The number of thiazole rings is 1. The Labute approximate surface area is 186 Å². The number of nitrogens with one attached hydrogen (secondary N) is 1. The van der Waals surface area contributed by atoms with E-state index in [4.69, 9.17) is 4.74 Å². The summed E-state index contributed by atoms with van der Waals surface area (Å²) in [5.74, 6) is -1.48. The fraction of sp³-hybridized carbons (Fsp3) is 0.0870. The maximum absolute atomic E-state index is 13.3. The largest absolute Gasteiger partial charge is 0.451 e. The van der Waals surface area contributed by atoms with E-state index in [1.807, 2.05) is 47.8 Å². The molecule has 4 rings (SSSR count). The van der Waals surface area contributed by atoms with Gasteiger partial charge in [0.2, 0.25) is 0 Å². The van der Waals surface area contributed by atoms with Crippen LogP contribution in [0.5, 0.6) is 0 Å². The highest BCUT2D eigenvalue weighted by molar-refractivity contribution is 7.13. The predicted octanol–water partition coefficient (Wildman–Crippen LogP) is 5.07. The molecule has 8 heteroatoms. The minimum atomic E-state index is -0.664. The van der Waals surface area contributed by atoms with Gasteiger partial charge in [-0.1, -0.05) is 48.5 Å². The summed E-state index contributed by atoms with van der Waals surface area (Å²) in [6, 6.07) is 18.7. The van der Waals surface area contributed by atoms with E-state index in [1.54, 1.807) is 17.5 Å². The van der Waals surface area contributed by atoms with Gasteiger partial charge in [0.05, 0.1) is 6.04 Å². The first kappa shape index (κ1) is 20.9. The summed E-state index contributed by atoms with van der Waals surface area (Å²) in [6.07, 6.45) is 0. The van der Waals surface area contributed by atoms with E-state index in [0.717, 1.165) is 16.0 Å². The molecule has 0 fully saturated rings. The molecule has 1 atom stereocenters. The van der Waals surface area contributed by atoms with Gasteiger partial charge >= 0.3 is 5.97 Å². The van der Waals surface area contributed by atoms with E-state index in [1.165, 1.54) is 34.8 Å². The van der Waals surface area contributed by atoms with Crippen molar-refractivity contribution < 1.29 is 18.7 Å². The Balaban J connectivity index is 1.39. The number of benzene rings is 2. The Morgan fingerprint density at radius 1 is 1.00 bits per heavy atom. The molecule has 4 aromatic rings. The summed E-state index contributed by atoms with van der Waals surface area (Å²) in [7, 11) is 0. The van der Waals surface area contributed by atoms with Crippen molar-refractivity contribution in [3.05, 3.63) is 99.4 Å². The summed E-state index contributed by atoms with van der Waals surface area (Å²) in [6.45, 7) is -0.444. The van der Waals surface area contributed by atoms with Crippen LogP contribution >= 0.6 is 22.7 Å². The first-order chi connectivity index (χ1) is 15.1. The van der Waals surface area contributed by atoms with Gasteiger partial charge in [0.25, 0.3) is 5.91 Å². The SMILES string of the molecule is O=C(COC(=O)c1csc(-c2ccccc2)n1)NC(c1ccc(F)cc1)c1cccs1. The predicted molar refractivity (Wildman–Crippen MR) is 119 cm³/mol. The summed E-state index contributed by atoms with van der Waals surface area (Å²) >= 11 is 2.80. The average Bonchev–Trinajstić information content (AvgIpc) is 3.50. The number of aromatic nitrogens is 1. The van der Waals surface area contributed by atoms with Gasteiger partial charge in [-0.2, -0.15) is 0 Å². The smallest absolute Gasteiger partial charge is 0.358 e. The second-order valence-electron chi connectivity index (χ2n) is 6.55.